The van der Waals surface area contributed by atoms with Crippen LogP contribution >= 0.6 is 7.60 Å². The second-order valence-electron chi connectivity index (χ2n) is 5.28. The first-order chi connectivity index (χ1) is 11.3. The first-order valence-electron chi connectivity index (χ1n) is 7.44. The molecule has 128 valence electrons. The van der Waals surface area contributed by atoms with Crippen molar-refractivity contribution in [3.63, 3.8) is 0 Å². The van der Waals surface area contributed by atoms with E-state index in [0.29, 0.717) is 6.61 Å². The molecule has 1 atom stereocenters. The maximum atomic E-state index is 11.8. The van der Waals surface area contributed by atoms with E-state index in [-0.39, 0.29) is 16.9 Å². The lowest BCUT2D eigenvalue weighted by molar-refractivity contribution is 0.0788. The van der Waals surface area contributed by atoms with Crippen LogP contribution in [0.25, 0.3) is 0 Å². The number of rotatable bonds is 7. The fourth-order valence-corrected chi connectivity index (χ4v) is 2.77. The summed E-state index contributed by atoms with van der Waals surface area (Å²) in [5, 5.41) is 10.2. The summed E-state index contributed by atoms with van der Waals surface area (Å²) in [6.45, 7) is 2.37. The van der Waals surface area contributed by atoms with Crippen LogP contribution in [-0.2, 0) is 9.30 Å². The standard InChI is InChI=1S/C17H19O6P/c1-2-10-23-16(12-6-4-3-5-7-12)14-11-13(8-9-15(14)18)17(19)24(20,21)22/h3-9,11,16,18H,2,10H2,1H3,(H2,20,21,22). The zero-order valence-corrected chi connectivity index (χ0v) is 14.0. The second kappa shape index (κ2) is 7.73. The summed E-state index contributed by atoms with van der Waals surface area (Å²) in [4.78, 5) is 29.9. The van der Waals surface area contributed by atoms with Crippen LogP contribution in [0.1, 0.15) is 40.9 Å². The maximum absolute atomic E-state index is 11.8. The van der Waals surface area contributed by atoms with Gasteiger partial charge in [0, 0.05) is 17.7 Å². The molecule has 3 N–H and O–H groups in total. The minimum absolute atomic E-state index is 0.109. The molecule has 0 amide bonds. The Morgan fingerprint density at radius 2 is 1.83 bits per heavy atom. The predicted molar refractivity (Wildman–Crippen MR) is 89.0 cm³/mol. The van der Waals surface area contributed by atoms with E-state index in [1.807, 2.05) is 37.3 Å². The molecule has 0 saturated heterocycles. The number of carbonyl (C=O) groups excluding carboxylic acids is 1. The number of hydrogen-bond donors (Lipinski definition) is 3. The molecule has 0 aliphatic rings. The molecule has 0 radical (unpaired) electrons. The van der Waals surface area contributed by atoms with Gasteiger partial charge >= 0.3 is 7.60 Å². The van der Waals surface area contributed by atoms with Crippen molar-refractivity contribution in [3.05, 3.63) is 65.2 Å². The van der Waals surface area contributed by atoms with Gasteiger partial charge in [-0.25, -0.2) is 0 Å². The van der Waals surface area contributed by atoms with Gasteiger partial charge in [0.2, 0.25) is 0 Å². The zero-order chi connectivity index (χ0) is 17.7. The van der Waals surface area contributed by atoms with Gasteiger partial charge in [0.1, 0.15) is 11.9 Å². The van der Waals surface area contributed by atoms with Crippen LogP contribution in [0.15, 0.2) is 48.5 Å². The summed E-state index contributed by atoms with van der Waals surface area (Å²) < 4.78 is 17.0. The highest BCUT2D eigenvalue weighted by Gasteiger charge is 2.29. The normalized spacial score (nSPS) is 12.8. The van der Waals surface area contributed by atoms with Crippen molar-refractivity contribution in [2.75, 3.05) is 6.61 Å². The predicted octanol–water partition coefficient (Wildman–Crippen LogP) is 3.23. The van der Waals surface area contributed by atoms with Crippen molar-refractivity contribution in [1.29, 1.82) is 0 Å². The summed E-state index contributed by atoms with van der Waals surface area (Å²) in [7, 11) is -4.90. The van der Waals surface area contributed by atoms with Gasteiger partial charge < -0.3 is 19.6 Å². The Morgan fingerprint density at radius 3 is 2.42 bits per heavy atom. The second-order valence-corrected chi connectivity index (χ2v) is 6.78. The molecule has 1 unspecified atom stereocenters. The van der Waals surface area contributed by atoms with Crippen molar-refractivity contribution in [2.24, 2.45) is 0 Å². The SMILES string of the molecule is CCCOC(c1ccccc1)c1cc(C(=O)P(=O)(O)O)ccc1O. The number of phenolic OH excluding ortho intramolecular Hbond substituents is 1. The highest BCUT2D eigenvalue weighted by atomic mass is 31.2. The lowest BCUT2D eigenvalue weighted by Gasteiger charge is -2.20. The summed E-state index contributed by atoms with van der Waals surface area (Å²) in [6.07, 6.45) is 0.112. The molecule has 7 heteroatoms. The van der Waals surface area contributed by atoms with Gasteiger partial charge in [0.05, 0.1) is 0 Å². The molecule has 2 rings (SSSR count). The molecule has 0 fully saturated rings. The molecule has 0 heterocycles. The van der Waals surface area contributed by atoms with Crippen LogP contribution < -0.4 is 0 Å². The highest BCUT2D eigenvalue weighted by molar-refractivity contribution is 7.70. The van der Waals surface area contributed by atoms with Crippen LogP contribution in [0.2, 0.25) is 0 Å². The highest BCUT2D eigenvalue weighted by Crippen LogP contribution is 2.41. The molecule has 0 spiro atoms. The zero-order valence-electron chi connectivity index (χ0n) is 13.1. The quantitative estimate of drug-likeness (QED) is 0.662. The number of benzene rings is 2. The third-order valence-corrected chi connectivity index (χ3v) is 4.20. The Hall–Kier alpha value is -1.98. The number of hydrogen-bond acceptors (Lipinski definition) is 4. The lowest BCUT2D eigenvalue weighted by atomic mass is 9.98. The Morgan fingerprint density at radius 1 is 1.17 bits per heavy atom. The Bertz CT molecular complexity index is 753. The first-order valence-corrected chi connectivity index (χ1v) is 9.05. The molecule has 0 aliphatic carbocycles. The molecule has 2 aromatic carbocycles. The Balaban J connectivity index is 2.49. The van der Waals surface area contributed by atoms with Crippen LogP contribution in [0.5, 0.6) is 5.75 Å². The van der Waals surface area contributed by atoms with E-state index in [2.05, 4.69) is 0 Å². The summed E-state index contributed by atoms with van der Waals surface area (Å²) in [5.41, 5.74) is -0.404. The number of aromatic hydroxyl groups is 1. The van der Waals surface area contributed by atoms with E-state index in [0.717, 1.165) is 12.0 Å². The number of carbonyl (C=O) groups is 1. The van der Waals surface area contributed by atoms with E-state index in [9.17, 15) is 14.5 Å². The first kappa shape index (κ1) is 18.4. The van der Waals surface area contributed by atoms with E-state index in [4.69, 9.17) is 14.5 Å². The van der Waals surface area contributed by atoms with Crippen LogP contribution in [0.4, 0.5) is 0 Å². The minimum atomic E-state index is -4.90. The topological polar surface area (TPSA) is 104 Å². The summed E-state index contributed by atoms with van der Waals surface area (Å²) in [6, 6.07) is 12.8. The van der Waals surface area contributed by atoms with Crippen LogP contribution in [0.3, 0.4) is 0 Å². The van der Waals surface area contributed by atoms with Gasteiger partial charge in [-0.05, 0) is 30.2 Å². The Labute approximate surface area is 139 Å². The van der Waals surface area contributed by atoms with Gasteiger partial charge in [0.25, 0.3) is 5.52 Å². The van der Waals surface area contributed by atoms with E-state index in [1.54, 1.807) is 0 Å². The lowest BCUT2D eigenvalue weighted by Crippen LogP contribution is -2.09. The number of phenols is 1. The molecule has 0 aliphatic heterocycles. The maximum Gasteiger partial charge on any atom is 0.396 e. The number of ether oxygens (including phenoxy) is 1. The third-order valence-electron chi connectivity index (χ3n) is 3.41. The molecular weight excluding hydrogens is 331 g/mol. The average molecular weight is 350 g/mol. The fraction of sp³-hybridized carbons (Fsp3) is 0.235. The average Bonchev–Trinajstić information content (AvgIpc) is 2.56. The smallest absolute Gasteiger partial charge is 0.396 e. The monoisotopic (exact) mass is 350 g/mol. The van der Waals surface area contributed by atoms with Crippen LogP contribution in [-0.4, -0.2) is 27.0 Å². The minimum Gasteiger partial charge on any atom is -0.508 e. The van der Waals surface area contributed by atoms with Crippen molar-refractivity contribution >= 4 is 13.1 Å². The van der Waals surface area contributed by atoms with E-state index >= 15 is 0 Å². The summed E-state index contributed by atoms with van der Waals surface area (Å²) >= 11 is 0. The molecule has 2 aromatic rings. The van der Waals surface area contributed by atoms with E-state index in [1.165, 1.54) is 18.2 Å². The van der Waals surface area contributed by atoms with Gasteiger partial charge in [-0.1, -0.05) is 37.3 Å². The molecule has 24 heavy (non-hydrogen) atoms. The van der Waals surface area contributed by atoms with Gasteiger partial charge in [-0.15, -0.1) is 0 Å². The van der Waals surface area contributed by atoms with Crippen LogP contribution in [0, 0.1) is 0 Å². The molecule has 0 bridgehead atoms. The third kappa shape index (κ3) is 4.30. The van der Waals surface area contributed by atoms with E-state index < -0.39 is 19.2 Å². The van der Waals surface area contributed by atoms with Crippen molar-refractivity contribution in [1.82, 2.24) is 0 Å². The van der Waals surface area contributed by atoms with Gasteiger partial charge in [-0.2, -0.15) is 0 Å². The van der Waals surface area contributed by atoms with Crippen molar-refractivity contribution in [3.8, 4) is 5.75 Å². The van der Waals surface area contributed by atoms with Crippen molar-refractivity contribution < 1.29 is 29.0 Å². The van der Waals surface area contributed by atoms with Gasteiger partial charge in [-0.3, -0.25) is 9.36 Å². The molecular formula is C17H19O6P. The molecule has 0 aromatic heterocycles. The molecule has 0 saturated carbocycles. The van der Waals surface area contributed by atoms with Gasteiger partial charge in [0.15, 0.2) is 0 Å². The Kier molecular flexibility index (Phi) is 5.91. The summed E-state index contributed by atoms with van der Waals surface area (Å²) in [5.74, 6) is -0.109. The fourth-order valence-electron chi connectivity index (χ4n) is 2.29. The van der Waals surface area contributed by atoms with Crippen molar-refractivity contribution in [2.45, 2.75) is 19.4 Å². The largest absolute Gasteiger partial charge is 0.508 e. The molecule has 6 nitrogen and oxygen atoms in total.